The summed E-state index contributed by atoms with van der Waals surface area (Å²) in [6.45, 7) is 0.408. The number of nitrogens with one attached hydrogen (secondary N) is 1. The molecule has 21 heavy (non-hydrogen) atoms. The number of sulfonamides is 1. The van der Waals surface area contributed by atoms with E-state index in [1.54, 1.807) is 7.11 Å². The van der Waals surface area contributed by atoms with Crippen LogP contribution >= 0.6 is 0 Å². The maximum atomic E-state index is 11.5. The Balaban J connectivity index is 2.30. The van der Waals surface area contributed by atoms with Gasteiger partial charge in [0.05, 0.1) is 13.4 Å². The predicted molar refractivity (Wildman–Crippen MR) is 84.0 cm³/mol. The first-order valence-corrected chi connectivity index (χ1v) is 9.08. The Morgan fingerprint density at radius 2 is 2.05 bits per heavy atom. The van der Waals surface area contributed by atoms with Gasteiger partial charge in [-0.3, -0.25) is 0 Å². The van der Waals surface area contributed by atoms with E-state index in [2.05, 4.69) is 4.72 Å². The van der Waals surface area contributed by atoms with E-state index >= 15 is 0 Å². The molecule has 0 saturated heterocycles. The molecule has 0 radical (unpaired) electrons. The van der Waals surface area contributed by atoms with Gasteiger partial charge in [-0.25, -0.2) is 13.1 Å². The van der Waals surface area contributed by atoms with Crippen molar-refractivity contribution in [2.24, 2.45) is 5.73 Å². The highest BCUT2D eigenvalue weighted by Gasteiger charge is 2.36. The van der Waals surface area contributed by atoms with E-state index in [1.165, 1.54) is 6.26 Å². The predicted octanol–water partition coefficient (Wildman–Crippen LogP) is 1.38. The van der Waals surface area contributed by atoms with Crippen molar-refractivity contribution in [2.75, 3.05) is 19.9 Å². The molecule has 0 aromatic heterocycles. The zero-order chi connectivity index (χ0) is 15.5. The smallest absolute Gasteiger partial charge is 0.208 e. The Morgan fingerprint density at radius 3 is 2.62 bits per heavy atom. The molecule has 0 heterocycles. The van der Waals surface area contributed by atoms with Crippen molar-refractivity contribution in [1.82, 2.24) is 4.72 Å². The van der Waals surface area contributed by atoms with Crippen LogP contribution in [0.15, 0.2) is 24.3 Å². The number of methoxy groups -OCH3 is 1. The molecule has 1 saturated carbocycles. The lowest BCUT2D eigenvalue weighted by molar-refractivity contribution is 0.269. The van der Waals surface area contributed by atoms with Crippen LogP contribution in [-0.4, -0.2) is 34.4 Å². The number of hydrogen-bond acceptors (Lipinski definition) is 4. The molecule has 0 aliphatic heterocycles. The van der Waals surface area contributed by atoms with Crippen molar-refractivity contribution >= 4 is 10.0 Å². The van der Waals surface area contributed by atoms with Crippen molar-refractivity contribution in [3.63, 3.8) is 0 Å². The third-order valence-corrected chi connectivity index (χ3v) is 5.01. The fraction of sp³-hybridized carbons (Fsp3) is 0.600. The van der Waals surface area contributed by atoms with E-state index in [0.717, 1.165) is 37.0 Å². The van der Waals surface area contributed by atoms with Crippen LogP contribution in [-0.2, 0) is 15.4 Å². The van der Waals surface area contributed by atoms with E-state index in [0.29, 0.717) is 6.54 Å². The average Bonchev–Trinajstić information content (AvgIpc) is 2.46. The minimum absolute atomic E-state index is 0.201. The lowest BCUT2D eigenvalue weighted by Crippen LogP contribution is -2.45. The summed E-state index contributed by atoms with van der Waals surface area (Å²) in [5.74, 6) is 0.793. The Bertz CT molecular complexity index is 578. The van der Waals surface area contributed by atoms with Gasteiger partial charge in [-0.2, -0.15) is 0 Å². The minimum atomic E-state index is -3.21. The highest BCUT2D eigenvalue weighted by Crippen LogP contribution is 2.39. The number of hydrogen-bond donors (Lipinski definition) is 2. The highest BCUT2D eigenvalue weighted by atomic mass is 32.2. The summed E-state index contributed by atoms with van der Waals surface area (Å²) >= 11 is 0. The second-order valence-electron chi connectivity index (χ2n) is 5.94. The SMILES string of the molecule is COc1cccc(C2(CNS(C)(=O)=O)CCC(N)CC2)c1. The first-order chi connectivity index (χ1) is 9.85. The molecule has 0 unspecified atom stereocenters. The monoisotopic (exact) mass is 312 g/mol. The molecule has 1 aliphatic carbocycles. The van der Waals surface area contributed by atoms with Crippen LogP contribution in [0.2, 0.25) is 0 Å². The molecule has 0 spiro atoms. The van der Waals surface area contributed by atoms with Crippen LogP contribution in [0.25, 0.3) is 0 Å². The standard InChI is InChI=1S/C15H24N2O3S/c1-20-14-5-3-4-12(10-14)15(11-17-21(2,18)19)8-6-13(16)7-9-15/h3-5,10,13,17H,6-9,11,16H2,1-2H3. The van der Waals surface area contributed by atoms with E-state index < -0.39 is 10.0 Å². The Labute approximate surface area is 126 Å². The zero-order valence-corrected chi connectivity index (χ0v) is 13.4. The normalized spacial score (nSPS) is 26.5. The molecule has 1 aromatic carbocycles. The molecular weight excluding hydrogens is 288 g/mol. The van der Waals surface area contributed by atoms with Crippen molar-refractivity contribution in [3.8, 4) is 5.75 Å². The quantitative estimate of drug-likeness (QED) is 0.861. The summed E-state index contributed by atoms with van der Waals surface area (Å²) in [6, 6.07) is 8.10. The molecular formula is C15H24N2O3S. The van der Waals surface area contributed by atoms with Gasteiger partial charge >= 0.3 is 0 Å². The highest BCUT2D eigenvalue weighted by molar-refractivity contribution is 7.88. The Kier molecular flexibility index (Phi) is 4.91. The van der Waals surface area contributed by atoms with Gasteiger partial charge in [0.2, 0.25) is 10.0 Å². The summed E-state index contributed by atoms with van der Waals surface area (Å²) in [5, 5.41) is 0. The maximum Gasteiger partial charge on any atom is 0.208 e. The lowest BCUT2D eigenvalue weighted by Gasteiger charge is -2.40. The van der Waals surface area contributed by atoms with Crippen LogP contribution in [0.3, 0.4) is 0 Å². The molecule has 0 atom stereocenters. The molecule has 118 valence electrons. The molecule has 0 amide bonds. The van der Waals surface area contributed by atoms with Crippen LogP contribution < -0.4 is 15.2 Å². The fourth-order valence-electron chi connectivity index (χ4n) is 2.98. The molecule has 0 bridgehead atoms. The lowest BCUT2D eigenvalue weighted by atomic mass is 9.68. The second kappa shape index (κ2) is 6.34. The number of rotatable bonds is 5. The first-order valence-electron chi connectivity index (χ1n) is 7.19. The molecule has 1 aromatic rings. The van der Waals surface area contributed by atoms with Crippen LogP contribution in [0, 0.1) is 0 Å². The zero-order valence-electron chi connectivity index (χ0n) is 12.6. The third kappa shape index (κ3) is 4.18. The number of nitrogens with two attached hydrogens (primary N) is 1. The average molecular weight is 312 g/mol. The molecule has 2 rings (SSSR count). The second-order valence-corrected chi connectivity index (χ2v) is 7.78. The maximum absolute atomic E-state index is 11.5. The van der Waals surface area contributed by atoms with Gasteiger partial charge in [0.1, 0.15) is 5.75 Å². The molecule has 6 heteroatoms. The van der Waals surface area contributed by atoms with E-state index in [1.807, 2.05) is 24.3 Å². The Morgan fingerprint density at radius 1 is 1.38 bits per heavy atom. The Hall–Kier alpha value is -1.11. The van der Waals surface area contributed by atoms with Crippen molar-refractivity contribution in [1.29, 1.82) is 0 Å². The topological polar surface area (TPSA) is 81.4 Å². The van der Waals surface area contributed by atoms with Crippen LogP contribution in [0.5, 0.6) is 5.75 Å². The van der Waals surface area contributed by atoms with E-state index in [4.69, 9.17) is 10.5 Å². The largest absolute Gasteiger partial charge is 0.497 e. The van der Waals surface area contributed by atoms with Crippen molar-refractivity contribution in [2.45, 2.75) is 37.1 Å². The van der Waals surface area contributed by atoms with Crippen LogP contribution in [0.1, 0.15) is 31.2 Å². The first kappa shape index (κ1) is 16.3. The van der Waals surface area contributed by atoms with Gasteiger partial charge in [0.25, 0.3) is 0 Å². The summed E-state index contributed by atoms with van der Waals surface area (Å²) < 4.78 is 30.9. The molecule has 1 aliphatic rings. The summed E-state index contributed by atoms with van der Waals surface area (Å²) in [6.07, 6.45) is 4.76. The van der Waals surface area contributed by atoms with Gasteiger partial charge in [-0.05, 0) is 43.4 Å². The number of ether oxygens (including phenoxy) is 1. The summed E-state index contributed by atoms with van der Waals surface area (Å²) in [5.41, 5.74) is 6.92. The fourth-order valence-corrected chi connectivity index (χ4v) is 3.52. The molecule has 5 nitrogen and oxygen atoms in total. The van der Waals surface area contributed by atoms with Crippen molar-refractivity contribution in [3.05, 3.63) is 29.8 Å². The van der Waals surface area contributed by atoms with Gasteiger partial charge < -0.3 is 10.5 Å². The van der Waals surface area contributed by atoms with Gasteiger partial charge in [0, 0.05) is 18.0 Å². The van der Waals surface area contributed by atoms with E-state index in [9.17, 15) is 8.42 Å². The van der Waals surface area contributed by atoms with Crippen molar-refractivity contribution < 1.29 is 13.2 Å². The summed E-state index contributed by atoms with van der Waals surface area (Å²) in [4.78, 5) is 0. The van der Waals surface area contributed by atoms with Gasteiger partial charge in [-0.1, -0.05) is 12.1 Å². The molecule has 1 fully saturated rings. The summed E-state index contributed by atoms with van der Waals surface area (Å²) in [7, 11) is -1.58. The van der Waals surface area contributed by atoms with Gasteiger partial charge in [-0.15, -0.1) is 0 Å². The van der Waals surface area contributed by atoms with Crippen LogP contribution in [0.4, 0.5) is 0 Å². The number of benzene rings is 1. The molecule has 3 N–H and O–H groups in total. The van der Waals surface area contributed by atoms with Gasteiger partial charge in [0.15, 0.2) is 0 Å². The van der Waals surface area contributed by atoms with E-state index in [-0.39, 0.29) is 11.5 Å². The third-order valence-electron chi connectivity index (χ3n) is 4.34. The minimum Gasteiger partial charge on any atom is -0.497 e.